The maximum atomic E-state index is 13.3. The Kier molecular flexibility index (Phi) is 47.8. The summed E-state index contributed by atoms with van der Waals surface area (Å²) < 4.78 is 287. The fourth-order valence-corrected chi connectivity index (χ4v) is 13.3. The summed E-state index contributed by atoms with van der Waals surface area (Å²) in [7, 11) is 0. The molecule has 4 fully saturated rings. The van der Waals surface area contributed by atoms with E-state index in [0.717, 1.165) is 92.8 Å². The van der Waals surface area contributed by atoms with Crippen molar-refractivity contribution in [3.8, 4) is 23.5 Å². The number of ether oxygens (including phenoxy) is 6. The third-order valence-electron chi connectivity index (χ3n) is 19.6. The molecule has 4 aromatic carbocycles. The number of pyridine rings is 4. The predicted molar refractivity (Wildman–Crippen MR) is 469 cm³/mol. The van der Waals surface area contributed by atoms with Crippen molar-refractivity contribution in [2.45, 2.75) is 156 Å². The Morgan fingerprint density at radius 1 is 0.407 bits per heavy atom. The van der Waals surface area contributed by atoms with E-state index in [1.54, 1.807) is 12.1 Å². The van der Waals surface area contributed by atoms with Gasteiger partial charge in [0.2, 0.25) is 23.5 Å². The third kappa shape index (κ3) is 45.1. The maximum Gasteiger partial charge on any atom is 0.574 e. The zero-order valence-corrected chi connectivity index (χ0v) is 75.3. The van der Waals surface area contributed by atoms with Crippen LogP contribution in [0.2, 0.25) is 0 Å². The number of carbonyl (C=O) groups excluding carboxylic acids is 9. The van der Waals surface area contributed by atoms with E-state index in [1.165, 1.54) is 106 Å². The first kappa shape index (κ1) is 124. The van der Waals surface area contributed by atoms with Crippen LogP contribution < -0.4 is 58.2 Å². The second-order valence-corrected chi connectivity index (χ2v) is 31.6. The summed E-state index contributed by atoms with van der Waals surface area (Å²) >= 11 is 4.48. The Morgan fingerprint density at radius 3 is 1.07 bits per heavy atom. The number of carboxylic acid groups (broad SMARTS) is 2. The van der Waals surface area contributed by atoms with Crippen molar-refractivity contribution in [3.63, 3.8) is 0 Å². The quantitative estimate of drug-likeness (QED) is 0.0199. The van der Waals surface area contributed by atoms with Crippen LogP contribution in [-0.2, 0) is 47.8 Å². The largest absolute Gasteiger partial charge is 0.574 e. The Labute approximate surface area is 814 Å². The fraction of sp³-hybridized carbons (Fsp3) is 0.382. The van der Waals surface area contributed by atoms with Gasteiger partial charge in [-0.25, -0.2) is 56.7 Å². The van der Waals surface area contributed by atoms with E-state index in [4.69, 9.17) is 38.9 Å². The van der Waals surface area contributed by atoms with Gasteiger partial charge in [0.25, 0.3) is 11.8 Å². The zero-order valence-electron chi connectivity index (χ0n) is 74.5. The number of esters is 2. The van der Waals surface area contributed by atoms with Crippen LogP contribution in [0.25, 0.3) is 0 Å². The average molecular weight is 2120 g/mol. The summed E-state index contributed by atoms with van der Waals surface area (Å²) in [5, 5.41) is 21.6. The van der Waals surface area contributed by atoms with Gasteiger partial charge in [-0.05, 0) is 188 Å². The topological polar surface area (TPSA) is 499 Å². The number of rotatable bonds is 15. The maximum absolute atomic E-state index is 13.3. The van der Waals surface area contributed by atoms with E-state index in [1.807, 2.05) is 32.9 Å². The second kappa shape index (κ2) is 55.7. The van der Waals surface area contributed by atoms with Gasteiger partial charge in [0.1, 0.15) is 40.0 Å². The van der Waals surface area contributed by atoms with Crippen molar-refractivity contribution in [1.29, 1.82) is 0 Å². The van der Waals surface area contributed by atoms with E-state index < -0.39 is 180 Å². The van der Waals surface area contributed by atoms with Gasteiger partial charge in [0.05, 0.1) is 65.7 Å². The first-order chi connectivity index (χ1) is 66.2. The minimum Gasteiger partial charge on any atom is -0.477 e. The minimum atomic E-state index is -5.11. The van der Waals surface area contributed by atoms with Crippen molar-refractivity contribution >= 4 is 98.9 Å². The number of carbonyl (C=O) groups is 11. The molecule has 12 rings (SSSR count). The molecule has 0 unspecified atom stereocenters. The number of hydrogen-bond acceptors (Lipinski definition) is 25. The number of halogens is 23. The molecule has 0 saturated carbocycles. The van der Waals surface area contributed by atoms with Gasteiger partial charge in [-0.2, -0.15) is 26.3 Å². The highest BCUT2D eigenvalue weighted by Crippen LogP contribution is 2.39. The molecule has 4 aliphatic heterocycles. The first-order valence-corrected chi connectivity index (χ1v) is 41.6. The number of carboxylic acids is 2. The molecule has 8 atom stereocenters. The van der Waals surface area contributed by atoms with Crippen molar-refractivity contribution in [2.24, 2.45) is 35.1 Å². The molecule has 8 aromatic rings. The highest BCUT2D eigenvalue weighted by atomic mass is 35.5. The molecule has 0 spiro atoms. The monoisotopic (exact) mass is 2120 g/mol. The van der Waals surface area contributed by atoms with Crippen LogP contribution in [0, 0.1) is 46.9 Å². The number of nitrogen functional groups attached to an aromatic ring is 3. The normalized spacial score (nSPS) is 17.5. The Morgan fingerprint density at radius 2 is 0.738 bits per heavy atom. The molecule has 4 aliphatic rings. The lowest BCUT2D eigenvalue weighted by molar-refractivity contribution is -0.277. The number of likely N-dealkylation sites (tertiary alicyclic amines) is 3. The lowest BCUT2D eigenvalue weighted by atomic mass is 9.90. The van der Waals surface area contributed by atoms with Crippen LogP contribution in [0.5, 0.6) is 23.5 Å². The number of aromatic nitrogens is 4. The number of anilines is 4. The van der Waals surface area contributed by atoms with Crippen LogP contribution in [0.4, 0.5) is 119 Å². The van der Waals surface area contributed by atoms with Gasteiger partial charge >= 0.3 is 90.6 Å². The van der Waals surface area contributed by atoms with Gasteiger partial charge in [-0.3, -0.25) is 33.6 Å². The van der Waals surface area contributed by atoms with Crippen LogP contribution >= 0.6 is 11.6 Å². The highest BCUT2D eigenvalue weighted by molar-refractivity contribution is 6.80. The molecule has 145 heavy (non-hydrogen) atoms. The number of nitrogens with zero attached hydrogens (tertiary/aromatic N) is 7. The zero-order chi connectivity index (χ0) is 108. The van der Waals surface area contributed by atoms with Crippen LogP contribution in [-0.4, -0.2) is 187 Å². The molecule has 0 radical (unpaired) electrons. The number of primary amides is 2. The average Bonchev–Trinajstić information content (AvgIpc) is 0.817. The molecule has 4 saturated heterocycles. The number of amides is 6. The number of benzene rings is 4. The number of piperidine rings is 4. The molecule has 0 aliphatic carbocycles. The minimum absolute atomic E-state index is 0. The smallest absolute Gasteiger partial charge is 0.477 e. The lowest BCUT2D eigenvalue weighted by Gasteiger charge is -2.38. The van der Waals surface area contributed by atoms with Crippen LogP contribution in [0.15, 0.2) is 152 Å². The summed E-state index contributed by atoms with van der Waals surface area (Å²) in [6.07, 6.45) is -18.7. The number of hydrogen-bond donors (Lipinski definition) is 9. The Hall–Kier alpha value is -14.8. The molecule has 796 valence electrons. The molecule has 14 N–H and O–H groups in total. The number of aliphatic carboxylic acids is 1. The van der Waals surface area contributed by atoms with Gasteiger partial charge in [0.15, 0.2) is 13.2 Å². The number of aromatic carboxylic acids is 1. The van der Waals surface area contributed by atoms with E-state index in [-0.39, 0.29) is 86.1 Å². The molecular formula is C89H95ClF22N14O19. The van der Waals surface area contributed by atoms with Gasteiger partial charge in [0, 0.05) is 31.7 Å². The molecule has 8 heterocycles. The van der Waals surface area contributed by atoms with Gasteiger partial charge in [-0.1, -0.05) is 91.1 Å². The second-order valence-electron chi connectivity index (χ2n) is 31.2. The van der Waals surface area contributed by atoms with Crippen molar-refractivity contribution in [2.75, 3.05) is 61.9 Å². The molecule has 4 aromatic heterocycles. The summed E-state index contributed by atoms with van der Waals surface area (Å²) in [4.78, 5) is 142. The standard InChI is InChI=1S/C21H20F4N4O4.C16H17F4NO3.C14H16FNO3.C12H16FN.C7H6F3N3O2.C7H5F3N2O3.C6H5F3N2O.C4H2ClF3O3.2CH4/c1-11-2-7-16(12-3-5-13(22)6-4-12)29(10-11)20(32)18(31)28-14-8-15(17(26)30)19(27-9-14)33-21(23,24)25;1-10-2-7-13(11-3-5-12(17)6-4-11)21(8-10)14(22)15(23)24-9-16(18,19)20;1-9-2-7-12(10-3-5-11(15)6-4-10)16(8-9)13(17)14(18)19;1-9-2-7-12(14-8-9)10-3-5-11(13)6-4-10;8-7(9,10)15-6-4(5(12)14)1-3(11)2-13-6;8-7(9,10)15-5-4(6(13)14)1-3(11)2-12-5;7-6(8,9)12-5-2-1-4(10)3-11-5;5-2(9)3(10)11-1-4(6,7)8;;/h3-6,8-9,11,16H,2,7,10H2,1H3,(H2,26,30)(H,28,31);3-6,10,13H,2,7-9H2,1H3;3-6,9,12H,2,7-8H2,1H3,(H,18,19);3-6,9,12,14H,2,7-8H2,1H3;1-2H,11H2,(H2,12,14);1-2H,11H2,(H,13,14);1-3H,10H2;1H2;2*1H4/t11-,16+;10-,13+;2*9-,12+;;;;;;/m0000....../s1. The van der Waals surface area contributed by atoms with E-state index in [0.29, 0.717) is 43.0 Å². The molecule has 6 amide bonds. The van der Waals surface area contributed by atoms with E-state index in [2.05, 4.69) is 77.5 Å². The van der Waals surface area contributed by atoms with Gasteiger partial charge < -0.3 is 92.6 Å². The number of nitrogens with two attached hydrogens (primary N) is 5. The Balaban J connectivity index is 0.000000437. The number of alkyl halides is 18. The van der Waals surface area contributed by atoms with Gasteiger partial charge in [-0.15, -0.1) is 52.7 Å². The van der Waals surface area contributed by atoms with Crippen LogP contribution in [0.3, 0.4) is 0 Å². The summed E-state index contributed by atoms with van der Waals surface area (Å²) in [5.74, 6) is -16.3. The summed E-state index contributed by atoms with van der Waals surface area (Å²) in [6.45, 7) is 6.43. The summed E-state index contributed by atoms with van der Waals surface area (Å²) in [5.41, 5.74) is 26.8. The van der Waals surface area contributed by atoms with Crippen molar-refractivity contribution in [3.05, 3.63) is 214 Å². The SMILES string of the molecule is C.C.C[C@H]1CC[C@H](c2ccc(F)cc2)N(C(=O)C(=O)Nc2cnc(OC(F)(F)F)c(C(N)=O)c2)C1.C[C@H]1CC[C@H](c2ccc(F)cc2)N(C(=O)C(=O)O)C1.C[C@H]1CC[C@H](c2ccc(F)cc2)N(C(=O)C(=O)OCC(F)(F)F)C1.C[C@H]1CC[C@H](c2ccc(F)cc2)NC1.NC(=O)c1cc(N)cnc1OC(F)(F)F.Nc1ccc(OC(F)(F)F)nc1.Nc1cnc(OC(F)(F)F)c(C(=O)O)c1.O=C(Cl)C(=O)OCC(F)(F)F. The Bertz CT molecular complexity index is 5550. The molecule has 33 nitrogen and oxygen atoms in total. The predicted octanol–water partition coefficient (Wildman–Crippen LogP) is 17.1. The van der Waals surface area contributed by atoms with Crippen molar-refractivity contribution < 1.29 is 188 Å². The third-order valence-corrected chi connectivity index (χ3v) is 19.8. The van der Waals surface area contributed by atoms with E-state index in [9.17, 15) is 149 Å². The molecule has 56 heteroatoms. The molecule has 0 bridgehead atoms. The number of nitrogens with one attached hydrogen (secondary N) is 2. The summed E-state index contributed by atoms with van der Waals surface area (Å²) in [6, 6.07) is 27.9. The van der Waals surface area contributed by atoms with Crippen molar-refractivity contribution in [1.82, 2.24) is 40.0 Å². The van der Waals surface area contributed by atoms with Crippen LogP contribution in [0.1, 0.15) is 171 Å². The van der Waals surface area contributed by atoms with E-state index >= 15 is 0 Å². The first-order valence-electron chi connectivity index (χ1n) is 41.2. The fourth-order valence-electron chi connectivity index (χ4n) is 13.3. The highest BCUT2D eigenvalue weighted by Gasteiger charge is 2.42. The molecular weight excluding hydrogens is 2020 g/mol. The lowest BCUT2D eigenvalue weighted by Crippen LogP contribution is -2.46.